The van der Waals surface area contributed by atoms with E-state index >= 15 is 0 Å². The number of thiophene rings is 1. The van der Waals surface area contributed by atoms with Gasteiger partial charge in [0.25, 0.3) is 0 Å². The molecule has 3 aliphatic heterocycles. The summed E-state index contributed by atoms with van der Waals surface area (Å²) in [6.45, 7) is 2.39. The molecule has 0 aliphatic carbocycles. The first kappa shape index (κ1) is 18.4. The van der Waals surface area contributed by atoms with Gasteiger partial charge >= 0.3 is 5.97 Å². The van der Waals surface area contributed by atoms with E-state index in [4.69, 9.17) is 9.47 Å². The molecule has 1 aromatic heterocycles. The normalized spacial score (nSPS) is 24.5. The van der Waals surface area contributed by atoms with E-state index in [1.165, 1.54) is 11.3 Å². The molecule has 0 saturated carbocycles. The lowest BCUT2D eigenvalue weighted by molar-refractivity contribution is -0.0863. The molecule has 4 heterocycles. The molecule has 2 fully saturated rings. The quantitative estimate of drug-likeness (QED) is 0.830. The van der Waals surface area contributed by atoms with Gasteiger partial charge in [-0.2, -0.15) is 0 Å². The summed E-state index contributed by atoms with van der Waals surface area (Å²) in [6.07, 6.45) is 2.96. The maximum Gasteiger partial charge on any atom is 0.345 e. The summed E-state index contributed by atoms with van der Waals surface area (Å²) in [5.41, 5.74) is 0.507. The van der Waals surface area contributed by atoms with Crippen LogP contribution in [0.15, 0.2) is 6.07 Å². The molecular weight excluding hydrogens is 378 g/mol. The average molecular weight is 402 g/mol. The van der Waals surface area contributed by atoms with E-state index in [9.17, 15) is 18.3 Å². The topological polar surface area (TPSA) is 93.1 Å². The number of ether oxygens (including phenoxy) is 2. The van der Waals surface area contributed by atoms with E-state index in [0.717, 1.165) is 10.4 Å². The Morgan fingerprint density at radius 1 is 1.23 bits per heavy atom. The van der Waals surface area contributed by atoms with Gasteiger partial charge in [-0.15, -0.1) is 11.3 Å². The maximum atomic E-state index is 12.9. The van der Waals surface area contributed by atoms with Crippen LogP contribution in [0.5, 0.6) is 0 Å². The number of hydrogen-bond donors (Lipinski definition) is 1. The predicted octanol–water partition coefficient (Wildman–Crippen LogP) is 1.82. The smallest absolute Gasteiger partial charge is 0.345 e. The number of carbonyl (C=O) groups is 1. The molecule has 1 aromatic rings. The number of sulfonamides is 1. The summed E-state index contributed by atoms with van der Waals surface area (Å²) >= 11 is 1.28. The van der Waals surface area contributed by atoms with Crippen LogP contribution in [0.4, 0.5) is 0 Å². The minimum atomic E-state index is -3.32. The largest absolute Gasteiger partial charge is 0.477 e. The Labute approximate surface area is 157 Å². The van der Waals surface area contributed by atoms with Gasteiger partial charge in [-0.25, -0.2) is 17.5 Å². The van der Waals surface area contributed by atoms with Crippen LogP contribution in [0, 0.1) is 0 Å². The summed E-state index contributed by atoms with van der Waals surface area (Å²) in [7, 11) is -3.32. The Hall–Kier alpha value is -1.00. The minimum absolute atomic E-state index is 0.331. The Morgan fingerprint density at radius 3 is 2.58 bits per heavy atom. The molecule has 7 nitrogen and oxygen atoms in total. The molecule has 0 bridgehead atoms. The Balaban J connectivity index is 1.53. The molecule has 1 N–H and O–H groups in total. The van der Waals surface area contributed by atoms with E-state index < -0.39 is 21.6 Å². The van der Waals surface area contributed by atoms with Gasteiger partial charge in [0, 0.05) is 31.2 Å². The molecular formula is C17H23NO6S2. The van der Waals surface area contributed by atoms with Crippen molar-refractivity contribution in [1.29, 1.82) is 0 Å². The molecule has 9 heteroatoms. The molecule has 144 valence electrons. The van der Waals surface area contributed by atoms with Crippen molar-refractivity contribution in [1.82, 2.24) is 4.31 Å². The van der Waals surface area contributed by atoms with E-state index in [1.54, 1.807) is 10.4 Å². The first-order valence-electron chi connectivity index (χ1n) is 8.99. The van der Waals surface area contributed by atoms with Crippen LogP contribution in [0.25, 0.3) is 0 Å². The third kappa shape index (κ3) is 3.09. The Bertz CT molecular complexity index is 788. The zero-order valence-corrected chi connectivity index (χ0v) is 16.1. The fourth-order valence-electron chi connectivity index (χ4n) is 4.19. The summed E-state index contributed by atoms with van der Waals surface area (Å²) in [5.74, 6) is -0.918. The second-order valence-corrected chi connectivity index (χ2v) is 10.4. The summed E-state index contributed by atoms with van der Waals surface area (Å²) < 4.78 is 38.8. The van der Waals surface area contributed by atoms with Gasteiger partial charge < -0.3 is 14.6 Å². The zero-order valence-electron chi connectivity index (χ0n) is 14.5. The van der Waals surface area contributed by atoms with E-state index in [1.807, 2.05) is 0 Å². The number of aromatic carboxylic acids is 1. The van der Waals surface area contributed by atoms with Gasteiger partial charge in [0.05, 0.1) is 11.9 Å². The number of carboxylic acids is 1. The molecule has 2 saturated heterocycles. The summed E-state index contributed by atoms with van der Waals surface area (Å²) in [5, 5.41) is 8.93. The third-order valence-electron chi connectivity index (χ3n) is 5.66. The van der Waals surface area contributed by atoms with Crippen molar-refractivity contribution in [3.8, 4) is 0 Å². The average Bonchev–Trinajstić information content (AvgIpc) is 3.09. The van der Waals surface area contributed by atoms with E-state index in [2.05, 4.69) is 0 Å². The number of hydrogen-bond acceptors (Lipinski definition) is 6. The van der Waals surface area contributed by atoms with E-state index in [-0.39, 0.29) is 5.25 Å². The molecule has 4 rings (SSSR count). The highest BCUT2D eigenvalue weighted by molar-refractivity contribution is 7.89. The van der Waals surface area contributed by atoms with Crippen molar-refractivity contribution in [2.45, 2.75) is 43.0 Å². The van der Waals surface area contributed by atoms with Crippen LogP contribution in [0.2, 0.25) is 0 Å². The molecule has 1 spiro atoms. The molecule has 0 aromatic carbocycles. The van der Waals surface area contributed by atoms with E-state index in [0.29, 0.717) is 69.9 Å². The van der Waals surface area contributed by atoms with Crippen LogP contribution >= 0.6 is 11.3 Å². The van der Waals surface area contributed by atoms with Crippen LogP contribution in [-0.2, 0) is 31.5 Å². The van der Waals surface area contributed by atoms with Crippen LogP contribution in [0.3, 0.4) is 0 Å². The molecule has 3 aliphatic rings. The number of rotatable bonds is 3. The highest BCUT2D eigenvalue weighted by atomic mass is 32.2. The van der Waals surface area contributed by atoms with Crippen molar-refractivity contribution < 1.29 is 27.8 Å². The highest BCUT2D eigenvalue weighted by Gasteiger charge is 2.46. The Morgan fingerprint density at radius 2 is 1.92 bits per heavy atom. The predicted molar refractivity (Wildman–Crippen MR) is 96.2 cm³/mol. The summed E-state index contributed by atoms with van der Waals surface area (Å²) in [6, 6.07) is 1.75. The number of carboxylic acid groups (broad SMARTS) is 1. The first-order chi connectivity index (χ1) is 12.4. The molecule has 26 heavy (non-hydrogen) atoms. The van der Waals surface area contributed by atoms with Crippen molar-refractivity contribution in [3.05, 3.63) is 21.4 Å². The zero-order chi connectivity index (χ0) is 18.4. The van der Waals surface area contributed by atoms with Crippen molar-refractivity contribution in [3.63, 3.8) is 0 Å². The molecule has 0 amide bonds. The molecule has 0 atom stereocenters. The lowest BCUT2D eigenvalue weighted by Gasteiger charge is -2.44. The lowest BCUT2D eigenvalue weighted by Crippen LogP contribution is -2.50. The third-order valence-corrected chi connectivity index (χ3v) is 9.41. The lowest BCUT2D eigenvalue weighted by atomic mass is 9.86. The van der Waals surface area contributed by atoms with Gasteiger partial charge in [0.15, 0.2) is 0 Å². The molecule has 0 radical (unpaired) electrons. The second kappa shape index (κ2) is 6.87. The number of fused-ring (bicyclic) bond motifs is 2. The van der Waals surface area contributed by atoms with Crippen molar-refractivity contribution >= 4 is 27.3 Å². The minimum Gasteiger partial charge on any atom is -0.477 e. The number of nitrogens with zero attached hydrogens (tertiary/aromatic N) is 1. The van der Waals surface area contributed by atoms with Crippen LogP contribution in [0.1, 0.15) is 45.8 Å². The van der Waals surface area contributed by atoms with Crippen LogP contribution < -0.4 is 0 Å². The standard InChI is InChI=1S/C17H23NO6S2/c19-16(20)14-11-12-1-10-24-17(15(12)25-14)4-6-18(7-5-17)26(21,22)13-2-8-23-9-3-13/h11,13H,1-10H2,(H,19,20). The highest BCUT2D eigenvalue weighted by Crippen LogP contribution is 2.46. The SMILES string of the molecule is O=C(O)c1cc2c(s1)C1(CCN(S(=O)(=O)C3CCOCC3)CC1)OCC2. The number of piperidine rings is 1. The van der Waals surface area contributed by atoms with Gasteiger partial charge in [-0.1, -0.05) is 0 Å². The van der Waals surface area contributed by atoms with Gasteiger partial charge in [0.1, 0.15) is 10.5 Å². The van der Waals surface area contributed by atoms with Gasteiger partial charge in [-0.05, 0) is 43.7 Å². The van der Waals surface area contributed by atoms with Gasteiger partial charge in [0.2, 0.25) is 10.0 Å². The second-order valence-electron chi connectivity index (χ2n) is 7.12. The van der Waals surface area contributed by atoms with Crippen molar-refractivity contribution in [2.75, 3.05) is 32.9 Å². The molecule has 0 unspecified atom stereocenters. The van der Waals surface area contributed by atoms with Crippen LogP contribution in [-0.4, -0.2) is 62.0 Å². The summed E-state index contributed by atoms with van der Waals surface area (Å²) in [4.78, 5) is 12.6. The first-order valence-corrected chi connectivity index (χ1v) is 11.3. The fraction of sp³-hybridized carbons (Fsp3) is 0.706. The van der Waals surface area contributed by atoms with Crippen molar-refractivity contribution in [2.24, 2.45) is 0 Å². The van der Waals surface area contributed by atoms with Gasteiger partial charge in [-0.3, -0.25) is 0 Å². The Kier molecular flexibility index (Phi) is 4.85. The fourth-order valence-corrected chi connectivity index (χ4v) is 7.34. The monoisotopic (exact) mass is 401 g/mol. The maximum absolute atomic E-state index is 12.9.